The zero-order chi connectivity index (χ0) is 11.9. The molecule has 2 rings (SSSR count). The fourth-order valence-corrected chi connectivity index (χ4v) is 2.71. The van der Waals surface area contributed by atoms with E-state index < -0.39 is 23.7 Å². The molecule has 0 spiro atoms. The fraction of sp³-hybridized carbons (Fsp3) is 0.444. The highest BCUT2D eigenvalue weighted by molar-refractivity contribution is 7.99. The SMILES string of the molecule is N[C@H]1CCSc2c1cnc(C(F)(F)F)c2F. The third kappa shape index (κ3) is 1.89. The molecule has 0 amide bonds. The summed E-state index contributed by atoms with van der Waals surface area (Å²) in [4.78, 5) is 3.11. The molecule has 88 valence electrons. The van der Waals surface area contributed by atoms with E-state index in [-0.39, 0.29) is 4.90 Å². The summed E-state index contributed by atoms with van der Waals surface area (Å²) in [6.45, 7) is 0. The van der Waals surface area contributed by atoms with Crippen molar-refractivity contribution in [3.05, 3.63) is 23.3 Å². The summed E-state index contributed by atoms with van der Waals surface area (Å²) in [6, 6.07) is -0.430. The number of thioether (sulfide) groups is 1. The van der Waals surface area contributed by atoms with Crippen LogP contribution in [0.1, 0.15) is 23.7 Å². The molecule has 2 N–H and O–H groups in total. The van der Waals surface area contributed by atoms with Crippen molar-refractivity contribution in [1.82, 2.24) is 4.98 Å². The minimum Gasteiger partial charge on any atom is -0.324 e. The van der Waals surface area contributed by atoms with Crippen LogP contribution in [0.25, 0.3) is 0 Å². The second-order valence-electron chi connectivity index (χ2n) is 3.45. The molecule has 1 aromatic heterocycles. The van der Waals surface area contributed by atoms with E-state index in [9.17, 15) is 17.6 Å². The molecule has 0 unspecified atom stereocenters. The summed E-state index contributed by atoms with van der Waals surface area (Å²) in [5, 5.41) is 0. The molecule has 1 aromatic rings. The lowest BCUT2D eigenvalue weighted by atomic mass is 10.1. The number of hydrogen-bond acceptors (Lipinski definition) is 3. The second kappa shape index (κ2) is 3.89. The Labute approximate surface area is 93.2 Å². The maximum absolute atomic E-state index is 13.6. The van der Waals surface area contributed by atoms with Gasteiger partial charge < -0.3 is 5.73 Å². The number of pyridine rings is 1. The molecule has 0 saturated carbocycles. The Morgan fingerprint density at radius 2 is 2.12 bits per heavy atom. The Bertz CT molecular complexity index is 419. The van der Waals surface area contributed by atoms with E-state index >= 15 is 0 Å². The Balaban J connectivity index is 2.55. The number of rotatable bonds is 0. The van der Waals surface area contributed by atoms with Gasteiger partial charge in [-0.05, 0) is 12.2 Å². The van der Waals surface area contributed by atoms with E-state index in [1.807, 2.05) is 0 Å². The lowest BCUT2D eigenvalue weighted by Gasteiger charge is -2.22. The van der Waals surface area contributed by atoms with Crippen molar-refractivity contribution in [2.75, 3.05) is 5.75 Å². The van der Waals surface area contributed by atoms with E-state index in [2.05, 4.69) is 4.98 Å². The summed E-state index contributed by atoms with van der Waals surface area (Å²) >= 11 is 1.05. The van der Waals surface area contributed by atoms with Crippen LogP contribution >= 0.6 is 11.8 Å². The smallest absolute Gasteiger partial charge is 0.324 e. The van der Waals surface area contributed by atoms with Crippen molar-refractivity contribution in [2.45, 2.75) is 23.5 Å². The Hall–Kier alpha value is -0.820. The molecule has 0 radical (unpaired) electrons. The fourth-order valence-electron chi connectivity index (χ4n) is 1.54. The molecular formula is C9H8F4N2S. The number of aromatic nitrogens is 1. The largest absolute Gasteiger partial charge is 0.436 e. The first kappa shape index (κ1) is 11.7. The lowest BCUT2D eigenvalue weighted by Crippen LogP contribution is -2.20. The van der Waals surface area contributed by atoms with Gasteiger partial charge in [0.15, 0.2) is 11.5 Å². The molecule has 0 saturated heterocycles. The molecule has 2 heterocycles. The van der Waals surface area contributed by atoms with Crippen LogP contribution in [0.3, 0.4) is 0 Å². The van der Waals surface area contributed by atoms with Crippen LogP contribution in [0.5, 0.6) is 0 Å². The van der Waals surface area contributed by atoms with Gasteiger partial charge in [-0.2, -0.15) is 13.2 Å². The summed E-state index contributed by atoms with van der Waals surface area (Å²) < 4.78 is 50.7. The average molecular weight is 252 g/mol. The topological polar surface area (TPSA) is 38.9 Å². The summed E-state index contributed by atoms with van der Waals surface area (Å²) in [6.07, 6.45) is -3.12. The van der Waals surface area contributed by atoms with Gasteiger partial charge >= 0.3 is 6.18 Å². The zero-order valence-electron chi connectivity index (χ0n) is 8.01. The van der Waals surface area contributed by atoms with E-state index in [4.69, 9.17) is 5.73 Å². The van der Waals surface area contributed by atoms with Crippen LogP contribution in [0.15, 0.2) is 11.1 Å². The highest BCUT2D eigenvalue weighted by atomic mass is 32.2. The summed E-state index contributed by atoms with van der Waals surface area (Å²) in [5.41, 5.74) is 4.57. The van der Waals surface area contributed by atoms with Gasteiger partial charge in [-0.3, -0.25) is 0 Å². The molecule has 0 fully saturated rings. The van der Waals surface area contributed by atoms with Crippen molar-refractivity contribution in [3.63, 3.8) is 0 Å². The maximum atomic E-state index is 13.6. The number of nitrogens with two attached hydrogens (primary N) is 1. The normalized spacial score (nSPS) is 20.7. The Morgan fingerprint density at radius 1 is 1.44 bits per heavy atom. The zero-order valence-corrected chi connectivity index (χ0v) is 8.83. The van der Waals surface area contributed by atoms with Crippen molar-refractivity contribution < 1.29 is 17.6 Å². The van der Waals surface area contributed by atoms with Crippen LogP contribution in [0.2, 0.25) is 0 Å². The predicted octanol–water partition coefficient (Wildman–Crippen LogP) is 2.74. The minimum atomic E-state index is -4.76. The third-order valence-electron chi connectivity index (χ3n) is 2.35. The van der Waals surface area contributed by atoms with Crippen LogP contribution in [-0.2, 0) is 6.18 Å². The number of hydrogen-bond donors (Lipinski definition) is 1. The van der Waals surface area contributed by atoms with Crippen LogP contribution in [0, 0.1) is 5.82 Å². The molecule has 1 atom stereocenters. The molecule has 16 heavy (non-hydrogen) atoms. The highest BCUT2D eigenvalue weighted by Crippen LogP contribution is 2.40. The maximum Gasteiger partial charge on any atom is 0.436 e. The van der Waals surface area contributed by atoms with Gasteiger partial charge in [-0.1, -0.05) is 0 Å². The first-order chi connectivity index (χ1) is 7.41. The van der Waals surface area contributed by atoms with Gasteiger partial charge in [0.05, 0.1) is 4.90 Å². The third-order valence-corrected chi connectivity index (χ3v) is 3.49. The molecule has 1 aliphatic heterocycles. The van der Waals surface area contributed by atoms with Gasteiger partial charge in [-0.25, -0.2) is 9.37 Å². The van der Waals surface area contributed by atoms with Gasteiger partial charge in [0.25, 0.3) is 0 Å². The van der Waals surface area contributed by atoms with E-state index in [1.165, 1.54) is 0 Å². The van der Waals surface area contributed by atoms with Crippen molar-refractivity contribution in [2.24, 2.45) is 5.73 Å². The quantitative estimate of drug-likeness (QED) is 0.721. The van der Waals surface area contributed by atoms with Gasteiger partial charge in [0.1, 0.15) is 0 Å². The van der Waals surface area contributed by atoms with E-state index in [1.54, 1.807) is 0 Å². The highest BCUT2D eigenvalue weighted by Gasteiger charge is 2.38. The summed E-state index contributed by atoms with van der Waals surface area (Å²) in [7, 11) is 0. The van der Waals surface area contributed by atoms with E-state index in [0.29, 0.717) is 17.7 Å². The number of halogens is 4. The number of alkyl halides is 3. The minimum absolute atomic E-state index is 0.0129. The number of nitrogens with zero attached hydrogens (tertiary/aromatic N) is 1. The predicted molar refractivity (Wildman–Crippen MR) is 51.5 cm³/mol. The Kier molecular flexibility index (Phi) is 2.83. The lowest BCUT2D eigenvalue weighted by molar-refractivity contribution is -0.144. The standard InChI is InChI=1S/C9H8F4N2S/c10-6-7-4(5(14)1-2-16-7)3-15-8(6)9(11,12)13/h3,5H,1-2,14H2/t5-/m0/s1. The van der Waals surface area contributed by atoms with Crippen LogP contribution in [0.4, 0.5) is 17.6 Å². The Morgan fingerprint density at radius 3 is 2.75 bits per heavy atom. The average Bonchev–Trinajstić information content (AvgIpc) is 2.18. The molecule has 1 aliphatic rings. The van der Waals surface area contributed by atoms with Gasteiger partial charge in [-0.15, -0.1) is 11.8 Å². The van der Waals surface area contributed by atoms with Gasteiger partial charge in [0.2, 0.25) is 0 Å². The first-order valence-corrected chi connectivity index (χ1v) is 5.54. The van der Waals surface area contributed by atoms with Crippen molar-refractivity contribution in [3.8, 4) is 0 Å². The monoisotopic (exact) mass is 252 g/mol. The van der Waals surface area contributed by atoms with Crippen molar-refractivity contribution >= 4 is 11.8 Å². The first-order valence-electron chi connectivity index (χ1n) is 4.55. The molecule has 7 heteroatoms. The molecule has 0 aromatic carbocycles. The number of fused-ring (bicyclic) bond motifs is 1. The van der Waals surface area contributed by atoms with E-state index in [0.717, 1.165) is 18.0 Å². The molecule has 0 bridgehead atoms. The van der Waals surface area contributed by atoms with Crippen LogP contribution < -0.4 is 5.73 Å². The van der Waals surface area contributed by atoms with Gasteiger partial charge in [0, 0.05) is 17.8 Å². The second-order valence-corrected chi connectivity index (χ2v) is 4.55. The molecule has 2 nitrogen and oxygen atoms in total. The molecular weight excluding hydrogens is 244 g/mol. The van der Waals surface area contributed by atoms with Crippen molar-refractivity contribution in [1.29, 1.82) is 0 Å². The molecule has 0 aliphatic carbocycles. The van der Waals surface area contributed by atoms with Crippen LogP contribution in [-0.4, -0.2) is 10.7 Å². The summed E-state index contributed by atoms with van der Waals surface area (Å²) in [5.74, 6) is -0.781.